The number of para-hydroxylation sites is 2. The van der Waals surface area contributed by atoms with Gasteiger partial charge in [-0.2, -0.15) is 0 Å². The summed E-state index contributed by atoms with van der Waals surface area (Å²) < 4.78 is 7.20. The second kappa shape index (κ2) is 11.4. The lowest BCUT2D eigenvalue weighted by Gasteiger charge is -2.33. The predicted octanol–water partition coefficient (Wildman–Crippen LogP) is 7.73. The number of carbonyl (C=O) groups excluding carboxylic acids is 2. The van der Waals surface area contributed by atoms with E-state index in [2.05, 4.69) is 26.1 Å². The van der Waals surface area contributed by atoms with Crippen LogP contribution in [-0.4, -0.2) is 29.3 Å². The minimum atomic E-state index is -0.269. The second-order valence-corrected chi connectivity index (χ2v) is 12.6. The number of nitrogens with zero attached hydrogens (tertiary/aromatic N) is 2. The first-order chi connectivity index (χ1) is 19.2. The average Bonchev–Trinajstić information content (AvgIpc) is 3.42. The third-order valence-electron chi connectivity index (χ3n) is 7.91. The van der Waals surface area contributed by atoms with Crippen molar-refractivity contribution in [1.29, 1.82) is 0 Å². The largest absolute Gasteiger partial charge is 0.465 e. The molecule has 5 rings (SSSR count). The van der Waals surface area contributed by atoms with Gasteiger partial charge in [-0.25, -0.2) is 4.99 Å². The molecule has 0 aliphatic heterocycles. The summed E-state index contributed by atoms with van der Waals surface area (Å²) in [5.74, 6) is 0.171. The minimum Gasteiger partial charge on any atom is -0.465 e. The predicted molar refractivity (Wildman–Crippen MR) is 164 cm³/mol. The van der Waals surface area contributed by atoms with Gasteiger partial charge >= 0.3 is 5.97 Å². The van der Waals surface area contributed by atoms with Crippen LogP contribution < -0.4 is 5.32 Å². The van der Waals surface area contributed by atoms with E-state index in [1.165, 1.54) is 4.88 Å². The molecule has 0 spiro atoms. The first-order valence-corrected chi connectivity index (χ1v) is 14.8. The number of aromatic nitrogens is 1. The molecule has 1 N–H and O–H groups in total. The van der Waals surface area contributed by atoms with Gasteiger partial charge in [-0.3, -0.25) is 9.59 Å². The molecule has 208 valence electrons. The molecule has 0 saturated carbocycles. The van der Waals surface area contributed by atoms with Gasteiger partial charge in [0, 0.05) is 38.9 Å². The van der Waals surface area contributed by atoms with Crippen molar-refractivity contribution >= 4 is 51.0 Å². The molecule has 1 aliphatic rings. The number of carbonyl (C=O) groups is 2. The summed E-state index contributed by atoms with van der Waals surface area (Å²) in [5.41, 5.74) is 5.61. The lowest BCUT2D eigenvalue weighted by atomic mass is 9.72. The first-order valence-electron chi connectivity index (χ1n) is 14.0. The molecular weight excluding hydrogens is 518 g/mol. The van der Waals surface area contributed by atoms with Crippen LogP contribution in [0.3, 0.4) is 0 Å². The van der Waals surface area contributed by atoms with E-state index in [1.807, 2.05) is 79.2 Å². The molecule has 6 nitrogen and oxygen atoms in total. The molecule has 7 heteroatoms. The number of ether oxygens (including phenoxy) is 1. The highest BCUT2D eigenvalue weighted by Gasteiger charge is 2.33. The number of amides is 1. The van der Waals surface area contributed by atoms with Gasteiger partial charge < -0.3 is 14.6 Å². The number of benzene rings is 2. The van der Waals surface area contributed by atoms with Crippen molar-refractivity contribution in [1.82, 2.24) is 4.57 Å². The Hall–Kier alpha value is -3.71. The number of hydrogen-bond donors (Lipinski definition) is 1. The number of nitrogens with one attached hydrogen (secondary N) is 1. The second-order valence-electron chi connectivity index (χ2n) is 11.5. The van der Waals surface area contributed by atoms with Crippen LogP contribution in [0.4, 0.5) is 10.7 Å². The highest BCUT2D eigenvalue weighted by molar-refractivity contribution is 7.16. The number of thiophene rings is 1. The van der Waals surface area contributed by atoms with E-state index in [0.717, 1.165) is 57.7 Å². The topological polar surface area (TPSA) is 72.7 Å². The number of anilines is 1. The number of hydrogen-bond acceptors (Lipinski definition) is 5. The van der Waals surface area contributed by atoms with E-state index < -0.39 is 0 Å². The zero-order valence-corrected chi connectivity index (χ0v) is 24.7. The maximum absolute atomic E-state index is 13.7. The molecule has 0 radical (unpaired) electrons. The molecular formula is C33H37N3O3S. The lowest BCUT2D eigenvalue weighted by molar-refractivity contribution is -0.143. The number of fused-ring (bicyclic) bond motifs is 2. The highest BCUT2D eigenvalue weighted by Crippen LogP contribution is 2.45. The smallest absolute Gasteiger partial charge is 0.325 e. The third-order valence-corrected chi connectivity index (χ3v) is 9.08. The van der Waals surface area contributed by atoms with E-state index >= 15 is 0 Å². The molecule has 2 aromatic heterocycles. The summed E-state index contributed by atoms with van der Waals surface area (Å²) in [6, 6.07) is 17.6. The van der Waals surface area contributed by atoms with Gasteiger partial charge in [0.25, 0.3) is 5.91 Å². The van der Waals surface area contributed by atoms with Gasteiger partial charge in [0.2, 0.25) is 0 Å². The van der Waals surface area contributed by atoms with E-state index in [-0.39, 0.29) is 23.8 Å². The Bertz CT molecular complexity index is 1570. The van der Waals surface area contributed by atoms with Gasteiger partial charge in [-0.05, 0) is 68.2 Å². The Labute approximate surface area is 240 Å². The maximum Gasteiger partial charge on any atom is 0.325 e. The van der Waals surface area contributed by atoms with Crippen molar-refractivity contribution < 1.29 is 14.3 Å². The van der Waals surface area contributed by atoms with Crippen molar-refractivity contribution in [2.45, 2.75) is 60.4 Å². The molecule has 1 aliphatic carbocycles. The molecule has 0 unspecified atom stereocenters. The summed E-state index contributed by atoms with van der Waals surface area (Å²) in [4.78, 5) is 32.3. The molecule has 2 heterocycles. The normalized spacial score (nSPS) is 15.4. The molecule has 0 bridgehead atoms. The van der Waals surface area contributed by atoms with Gasteiger partial charge in [-0.1, -0.05) is 57.2 Å². The highest BCUT2D eigenvalue weighted by atomic mass is 32.1. The van der Waals surface area contributed by atoms with Crippen LogP contribution in [0.2, 0.25) is 0 Å². The third kappa shape index (κ3) is 5.61. The lowest BCUT2D eigenvalue weighted by Crippen LogP contribution is -2.27. The summed E-state index contributed by atoms with van der Waals surface area (Å²) in [6.07, 6.45) is 4.75. The summed E-state index contributed by atoms with van der Waals surface area (Å²) in [5, 5.41) is 4.83. The summed E-state index contributed by atoms with van der Waals surface area (Å²) in [6.45, 7) is 11.2. The van der Waals surface area contributed by atoms with Crippen molar-refractivity contribution in [2.75, 3.05) is 11.9 Å². The van der Waals surface area contributed by atoms with Crippen LogP contribution in [0.25, 0.3) is 10.9 Å². The van der Waals surface area contributed by atoms with Crippen LogP contribution in [-0.2, 0) is 28.9 Å². The maximum atomic E-state index is 13.7. The number of aliphatic imine (C=N–C) groups is 1. The molecule has 1 amide bonds. The standard InChI is InChI=1S/C33H37N3O3S/c1-6-39-29(37)20-36-21(2)26(24-14-10-11-15-27(24)36)19-34-32-30(31(38)35-23-12-8-7-9-13-23)25-17-16-22(33(3,4)5)18-28(25)40-32/h7-15,19,22H,6,16-18,20H2,1-5H3,(H,35,38)/t22-/m1/s1. The zero-order chi connectivity index (χ0) is 28.4. The molecule has 40 heavy (non-hydrogen) atoms. The number of rotatable bonds is 7. The SMILES string of the molecule is CCOC(=O)Cn1c(C)c(C=Nc2sc3c(c2C(=O)Nc2ccccc2)CC[C@@H](C(C)(C)C)C3)c2ccccc21. The number of esters is 1. The van der Waals surface area contributed by atoms with E-state index in [9.17, 15) is 9.59 Å². The summed E-state index contributed by atoms with van der Waals surface area (Å²) in [7, 11) is 0. The van der Waals surface area contributed by atoms with Crippen LogP contribution in [0.15, 0.2) is 59.6 Å². The Morgan fingerprint density at radius 3 is 2.58 bits per heavy atom. The Balaban J connectivity index is 1.56. The Morgan fingerprint density at radius 2 is 1.85 bits per heavy atom. The zero-order valence-electron chi connectivity index (χ0n) is 23.9. The Morgan fingerprint density at radius 1 is 1.12 bits per heavy atom. The molecule has 1 atom stereocenters. The van der Waals surface area contributed by atoms with Crippen LogP contribution in [0.5, 0.6) is 0 Å². The fourth-order valence-electron chi connectivity index (χ4n) is 5.63. The molecule has 4 aromatic rings. The average molecular weight is 556 g/mol. The van der Waals surface area contributed by atoms with Crippen molar-refractivity contribution in [2.24, 2.45) is 16.3 Å². The van der Waals surface area contributed by atoms with Gasteiger partial charge in [0.1, 0.15) is 11.5 Å². The first kappa shape index (κ1) is 27.8. The van der Waals surface area contributed by atoms with Crippen LogP contribution >= 0.6 is 11.3 Å². The molecule has 0 saturated heterocycles. The Kier molecular flexibility index (Phi) is 7.95. The monoisotopic (exact) mass is 555 g/mol. The van der Waals surface area contributed by atoms with Crippen LogP contribution in [0.1, 0.15) is 66.2 Å². The fourth-order valence-corrected chi connectivity index (χ4v) is 6.90. The van der Waals surface area contributed by atoms with E-state index in [0.29, 0.717) is 18.1 Å². The van der Waals surface area contributed by atoms with Crippen LogP contribution in [0, 0.1) is 18.3 Å². The van der Waals surface area contributed by atoms with E-state index in [4.69, 9.17) is 9.73 Å². The molecule has 2 aromatic carbocycles. The van der Waals surface area contributed by atoms with Gasteiger partial charge in [-0.15, -0.1) is 11.3 Å². The van der Waals surface area contributed by atoms with Gasteiger partial charge in [0.05, 0.1) is 12.2 Å². The van der Waals surface area contributed by atoms with Crippen molar-refractivity contribution in [3.63, 3.8) is 0 Å². The quantitative estimate of drug-likeness (QED) is 0.187. The van der Waals surface area contributed by atoms with Gasteiger partial charge in [0.15, 0.2) is 0 Å². The van der Waals surface area contributed by atoms with E-state index in [1.54, 1.807) is 11.3 Å². The minimum absolute atomic E-state index is 0.119. The fraction of sp³-hybridized carbons (Fsp3) is 0.364. The summed E-state index contributed by atoms with van der Waals surface area (Å²) >= 11 is 1.64. The van der Waals surface area contributed by atoms with Crippen molar-refractivity contribution in [3.8, 4) is 0 Å². The van der Waals surface area contributed by atoms with Crippen molar-refractivity contribution in [3.05, 3.63) is 81.9 Å². The molecule has 0 fully saturated rings.